The topological polar surface area (TPSA) is 85.8 Å². The molecule has 2 atom stereocenters. The van der Waals surface area contributed by atoms with Crippen LogP contribution < -0.4 is 16.0 Å². The molecule has 1 amide bonds. The van der Waals surface area contributed by atoms with E-state index in [0.29, 0.717) is 19.0 Å². The first-order valence-electron chi connectivity index (χ1n) is 10.1. The lowest BCUT2D eigenvalue weighted by Crippen LogP contribution is -2.39. The van der Waals surface area contributed by atoms with Gasteiger partial charge in [-0.1, -0.05) is 56.3 Å². The van der Waals surface area contributed by atoms with Gasteiger partial charge in [0.2, 0.25) is 5.91 Å². The van der Waals surface area contributed by atoms with Gasteiger partial charge in [0.15, 0.2) is 5.96 Å². The summed E-state index contributed by atoms with van der Waals surface area (Å²) in [7, 11) is 1.72. The standard InChI is InChI=1S/C23H32N4O2.HI/c1-4-17(2)22(29)27-21-12-8-9-18(13-21)14-25-23(24-3)26-15-20(16-28)19-10-6-5-7-11-19;/h5-13,17,20,28H,4,14-16H2,1-3H3,(H,27,29)(H2,24,25,26);1H. The van der Waals surface area contributed by atoms with Crippen LogP contribution >= 0.6 is 24.0 Å². The number of hydrogen-bond acceptors (Lipinski definition) is 3. The number of guanidine groups is 1. The van der Waals surface area contributed by atoms with E-state index in [1.54, 1.807) is 7.05 Å². The van der Waals surface area contributed by atoms with E-state index in [0.717, 1.165) is 23.2 Å². The van der Waals surface area contributed by atoms with E-state index in [4.69, 9.17) is 0 Å². The minimum atomic E-state index is -0.0103. The maximum Gasteiger partial charge on any atom is 0.227 e. The van der Waals surface area contributed by atoms with Crippen molar-refractivity contribution in [1.82, 2.24) is 10.6 Å². The highest BCUT2D eigenvalue weighted by Crippen LogP contribution is 2.14. The van der Waals surface area contributed by atoms with E-state index in [-0.39, 0.29) is 48.3 Å². The zero-order chi connectivity index (χ0) is 21.1. The molecule has 4 N–H and O–H groups in total. The van der Waals surface area contributed by atoms with E-state index < -0.39 is 0 Å². The predicted molar refractivity (Wildman–Crippen MR) is 134 cm³/mol. The first-order chi connectivity index (χ1) is 14.1. The monoisotopic (exact) mass is 524 g/mol. The second kappa shape index (κ2) is 14.0. The van der Waals surface area contributed by atoms with E-state index in [2.05, 4.69) is 20.9 Å². The van der Waals surface area contributed by atoms with Crippen LogP contribution in [0.1, 0.15) is 37.3 Å². The van der Waals surface area contributed by atoms with Crippen LogP contribution in [-0.2, 0) is 11.3 Å². The number of aliphatic imine (C=N–C) groups is 1. The number of carbonyl (C=O) groups excluding carboxylic acids is 1. The molecular formula is C23H33IN4O2. The molecule has 0 bridgehead atoms. The summed E-state index contributed by atoms with van der Waals surface area (Å²) >= 11 is 0. The fraction of sp³-hybridized carbons (Fsp3) is 0.391. The number of anilines is 1. The smallest absolute Gasteiger partial charge is 0.227 e. The Kier molecular flexibility index (Phi) is 12.1. The molecule has 0 saturated heterocycles. The molecule has 2 unspecified atom stereocenters. The molecule has 164 valence electrons. The van der Waals surface area contributed by atoms with Crippen molar-refractivity contribution >= 4 is 41.5 Å². The zero-order valence-electron chi connectivity index (χ0n) is 17.9. The number of nitrogens with zero attached hydrogens (tertiary/aromatic N) is 1. The minimum Gasteiger partial charge on any atom is -0.396 e. The molecule has 2 aromatic carbocycles. The Morgan fingerprint density at radius 2 is 1.83 bits per heavy atom. The number of rotatable bonds is 9. The number of hydrogen-bond donors (Lipinski definition) is 4. The molecule has 30 heavy (non-hydrogen) atoms. The van der Waals surface area contributed by atoms with Crippen LogP contribution in [0, 0.1) is 5.92 Å². The molecule has 0 saturated carbocycles. The summed E-state index contributed by atoms with van der Waals surface area (Å²) in [6.07, 6.45) is 0.812. The van der Waals surface area contributed by atoms with Gasteiger partial charge in [0, 0.05) is 37.7 Å². The number of halogens is 1. The molecule has 0 aliphatic carbocycles. The minimum absolute atomic E-state index is 0. The van der Waals surface area contributed by atoms with Crippen molar-refractivity contribution in [3.63, 3.8) is 0 Å². The van der Waals surface area contributed by atoms with Crippen LogP contribution in [0.4, 0.5) is 5.69 Å². The molecule has 0 spiro atoms. The molecule has 0 aliphatic rings. The fourth-order valence-electron chi connectivity index (χ4n) is 2.85. The summed E-state index contributed by atoms with van der Waals surface area (Å²) in [6.45, 7) is 5.13. The quantitative estimate of drug-likeness (QED) is 0.229. The highest BCUT2D eigenvalue weighted by Gasteiger charge is 2.12. The molecule has 2 aromatic rings. The van der Waals surface area contributed by atoms with Crippen LogP contribution in [-0.4, -0.2) is 37.2 Å². The zero-order valence-corrected chi connectivity index (χ0v) is 20.2. The third kappa shape index (κ3) is 8.31. The van der Waals surface area contributed by atoms with E-state index in [9.17, 15) is 9.90 Å². The molecule has 0 aromatic heterocycles. The van der Waals surface area contributed by atoms with Crippen molar-refractivity contribution in [3.8, 4) is 0 Å². The van der Waals surface area contributed by atoms with Crippen molar-refractivity contribution in [1.29, 1.82) is 0 Å². The lowest BCUT2D eigenvalue weighted by molar-refractivity contribution is -0.119. The Morgan fingerprint density at radius 1 is 1.10 bits per heavy atom. The van der Waals surface area contributed by atoms with E-state index in [1.165, 1.54) is 0 Å². The second-order valence-corrected chi connectivity index (χ2v) is 7.10. The fourth-order valence-corrected chi connectivity index (χ4v) is 2.85. The summed E-state index contributed by atoms with van der Waals surface area (Å²) in [6, 6.07) is 17.7. The average Bonchev–Trinajstić information content (AvgIpc) is 2.76. The maximum atomic E-state index is 12.1. The summed E-state index contributed by atoms with van der Waals surface area (Å²) in [5, 5.41) is 19.2. The van der Waals surface area contributed by atoms with Gasteiger partial charge in [-0.15, -0.1) is 24.0 Å². The van der Waals surface area contributed by atoms with E-state index in [1.807, 2.05) is 68.4 Å². The average molecular weight is 524 g/mol. The van der Waals surface area contributed by atoms with Crippen LogP contribution in [0.15, 0.2) is 59.6 Å². The predicted octanol–water partition coefficient (Wildman–Crippen LogP) is 3.73. The molecular weight excluding hydrogens is 491 g/mol. The molecule has 6 nitrogen and oxygen atoms in total. The van der Waals surface area contributed by atoms with Crippen LogP contribution in [0.5, 0.6) is 0 Å². The summed E-state index contributed by atoms with van der Waals surface area (Å²) < 4.78 is 0. The van der Waals surface area contributed by atoms with Crippen LogP contribution in [0.2, 0.25) is 0 Å². The Labute approximate surface area is 196 Å². The third-order valence-corrected chi connectivity index (χ3v) is 4.95. The highest BCUT2D eigenvalue weighted by atomic mass is 127. The van der Waals surface area contributed by atoms with Gasteiger partial charge < -0.3 is 21.1 Å². The van der Waals surface area contributed by atoms with Gasteiger partial charge >= 0.3 is 0 Å². The van der Waals surface area contributed by atoms with Crippen molar-refractivity contribution < 1.29 is 9.90 Å². The lowest BCUT2D eigenvalue weighted by atomic mass is 10.0. The van der Waals surface area contributed by atoms with Crippen LogP contribution in [0.25, 0.3) is 0 Å². The first-order valence-corrected chi connectivity index (χ1v) is 10.1. The van der Waals surface area contributed by atoms with Gasteiger partial charge in [-0.3, -0.25) is 9.79 Å². The number of carbonyl (C=O) groups is 1. The third-order valence-electron chi connectivity index (χ3n) is 4.95. The van der Waals surface area contributed by atoms with Gasteiger partial charge in [0.1, 0.15) is 0 Å². The number of amides is 1. The van der Waals surface area contributed by atoms with Crippen molar-refractivity contribution in [2.24, 2.45) is 10.9 Å². The first kappa shape index (κ1) is 25.9. The normalized spacial score (nSPS) is 13.0. The molecule has 2 rings (SSSR count). The molecule has 0 aliphatic heterocycles. The highest BCUT2D eigenvalue weighted by molar-refractivity contribution is 14.0. The number of nitrogens with one attached hydrogen (secondary N) is 3. The molecule has 0 fully saturated rings. The van der Waals surface area contributed by atoms with Gasteiger partial charge in [-0.2, -0.15) is 0 Å². The number of aliphatic hydroxyl groups excluding tert-OH is 1. The van der Waals surface area contributed by atoms with Gasteiger partial charge in [0.25, 0.3) is 0 Å². The van der Waals surface area contributed by atoms with Crippen molar-refractivity contribution in [2.45, 2.75) is 32.7 Å². The summed E-state index contributed by atoms with van der Waals surface area (Å²) in [5.74, 6) is 0.678. The van der Waals surface area contributed by atoms with Crippen molar-refractivity contribution in [3.05, 3.63) is 65.7 Å². The van der Waals surface area contributed by atoms with Crippen LogP contribution in [0.3, 0.4) is 0 Å². The Hall–Kier alpha value is -2.13. The maximum absolute atomic E-state index is 12.1. The molecule has 7 heteroatoms. The molecule has 0 heterocycles. The largest absolute Gasteiger partial charge is 0.396 e. The lowest BCUT2D eigenvalue weighted by Gasteiger charge is -2.18. The number of benzene rings is 2. The second-order valence-electron chi connectivity index (χ2n) is 7.10. The summed E-state index contributed by atoms with van der Waals surface area (Å²) in [5.41, 5.74) is 2.92. The van der Waals surface area contributed by atoms with Gasteiger partial charge in [-0.05, 0) is 29.7 Å². The van der Waals surface area contributed by atoms with Gasteiger partial charge in [0.05, 0.1) is 6.61 Å². The Balaban J connectivity index is 0.00000450. The Bertz CT molecular complexity index is 799. The molecule has 0 radical (unpaired) electrons. The van der Waals surface area contributed by atoms with E-state index >= 15 is 0 Å². The van der Waals surface area contributed by atoms with Crippen molar-refractivity contribution in [2.75, 3.05) is 25.5 Å². The SMILES string of the molecule is CCC(C)C(=O)Nc1cccc(CNC(=NC)NCC(CO)c2ccccc2)c1.I. The number of aliphatic hydroxyl groups is 1. The Morgan fingerprint density at radius 3 is 2.47 bits per heavy atom. The summed E-state index contributed by atoms with van der Waals surface area (Å²) in [4.78, 5) is 16.3. The van der Waals surface area contributed by atoms with Gasteiger partial charge in [-0.25, -0.2) is 0 Å².